The van der Waals surface area contributed by atoms with E-state index >= 15 is 0 Å². The van der Waals surface area contributed by atoms with Crippen molar-refractivity contribution in [2.75, 3.05) is 5.75 Å². The minimum absolute atomic E-state index is 0.280. The maximum absolute atomic E-state index is 12.5. The molecule has 0 aliphatic rings. The molecule has 1 amide bonds. The minimum atomic E-state index is -4.35. The average molecular weight is 736 g/mol. The van der Waals surface area contributed by atoms with E-state index in [0.717, 1.165) is 64.2 Å². The molecule has 7 heteroatoms. The van der Waals surface area contributed by atoms with Gasteiger partial charge in [0.15, 0.2) is 0 Å². The molecule has 2 atom stereocenters. The molecule has 0 aromatic carbocycles. The van der Waals surface area contributed by atoms with Gasteiger partial charge in [-0.15, -0.1) is 0 Å². The number of carbonyl (C=O) groups excluding carboxylic acids is 1. The van der Waals surface area contributed by atoms with Gasteiger partial charge in [-0.3, -0.25) is 9.35 Å². The Hall–Kier alpha value is -1.70. The Morgan fingerprint density at radius 2 is 0.882 bits per heavy atom. The molecule has 0 heterocycles. The largest absolute Gasteiger partial charge is 0.387 e. The van der Waals surface area contributed by atoms with Crippen molar-refractivity contribution in [1.29, 1.82) is 0 Å². The first-order chi connectivity index (χ1) is 24.8. The fraction of sp³-hybridized carbons (Fsp3) is 0.795. The Morgan fingerprint density at radius 3 is 1.33 bits per heavy atom. The Balaban J connectivity index is 3.94. The summed E-state index contributed by atoms with van der Waals surface area (Å²) < 4.78 is 32.5. The zero-order valence-corrected chi connectivity index (χ0v) is 34.0. The van der Waals surface area contributed by atoms with Crippen molar-refractivity contribution in [2.45, 2.75) is 219 Å². The van der Waals surface area contributed by atoms with Crippen molar-refractivity contribution in [2.24, 2.45) is 0 Å². The van der Waals surface area contributed by atoms with Gasteiger partial charge in [-0.05, 0) is 57.8 Å². The molecule has 51 heavy (non-hydrogen) atoms. The third kappa shape index (κ3) is 39.3. The van der Waals surface area contributed by atoms with E-state index in [-0.39, 0.29) is 12.3 Å². The highest BCUT2D eigenvalue weighted by Gasteiger charge is 2.24. The predicted molar refractivity (Wildman–Crippen MR) is 221 cm³/mol. The van der Waals surface area contributed by atoms with Crippen molar-refractivity contribution in [3.8, 4) is 0 Å². The number of allylic oxidation sites excluding steroid dienone is 7. The van der Waals surface area contributed by atoms with Gasteiger partial charge in [0.1, 0.15) is 0 Å². The highest BCUT2D eigenvalue weighted by atomic mass is 32.2. The second-order valence-corrected chi connectivity index (χ2v) is 16.1. The third-order valence-electron chi connectivity index (χ3n) is 9.50. The topological polar surface area (TPSA) is 104 Å². The van der Waals surface area contributed by atoms with Gasteiger partial charge in [-0.2, -0.15) is 8.42 Å². The zero-order valence-electron chi connectivity index (χ0n) is 33.2. The molecule has 0 aliphatic carbocycles. The quantitative estimate of drug-likeness (QED) is 0.0333. The second-order valence-electron chi connectivity index (χ2n) is 14.6. The molecule has 0 bridgehead atoms. The van der Waals surface area contributed by atoms with E-state index < -0.39 is 28.0 Å². The Kier molecular flexibility index (Phi) is 36.8. The van der Waals surface area contributed by atoms with Crippen LogP contribution in [0.4, 0.5) is 0 Å². The highest BCUT2D eigenvalue weighted by molar-refractivity contribution is 7.85. The summed E-state index contributed by atoms with van der Waals surface area (Å²) in [6.07, 6.45) is 50.9. The van der Waals surface area contributed by atoms with E-state index in [1.807, 2.05) is 6.08 Å². The molecule has 3 N–H and O–H groups in total. The Morgan fingerprint density at radius 1 is 0.529 bits per heavy atom. The number of amides is 1. The van der Waals surface area contributed by atoms with Crippen LogP contribution in [0.25, 0.3) is 0 Å². The van der Waals surface area contributed by atoms with E-state index in [1.165, 1.54) is 122 Å². The van der Waals surface area contributed by atoms with Crippen molar-refractivity contribution < 1.29 is 22.9 Å². The summed E-state index contributed by atoms with van der Waals surface area (Å²) in [7, 11) is -4.35. The lowest BCUT2D eigenvalue weighted by molar-refractivity contribution is -0.122. The lowest BCUT2D eigenvalue weighted by atomic mass is 10.0. The van der Waals surface area contributed by atoms with Gasteiger partial charge in [-0.1, -0.05) is 191 Å². The molecule has 0 radical (unpaired) electrons. The molecule has 0 aromatic heterocycles. The van der Waals surface area contributed by atoms with Crippen LogP contribution in [-0.4, -0.2) is 41.9 Å². The maximum Gasteiger partial charge on any atom is 0.267 e. The molecule has 0 aromatic rings. The van der Waals surface area contributed by atoms with Crippen LogP contribution in [0.2, 0.25) is 0 Å². The average Bonchev–Trinajstić information content (AvgIpc) is 3.09. The fourth-order valence-electron chi connectivity index (χ4n) is 6.28. The van der Waals surface area contributed by atoms with Crippen molar-refractivity contribution in [3.63, 3.8) is 0 Å². The highest BCUT2D eigenvalue weighted by Crippen LogP contribution is 2.14. The van der Waals surface area contributed by atoms with E-state index in [0.29, 0.717) is 0 Å². The number of rotatable bonds is 38. The summed E-state index contributed by atoms with van der Waals surface area (Å²) in [5.74, 6) is -0.995. The van der Waals surface area contributed by atoms with Crippen LogP contribution >= 0.6 is 0 Å². The third-order valence-corrected chi connectivity index (χ3v) is 10.3. The summed E-state index contributed by atoms with van der Waals surface area (Å²) in [4.78, 5) is 12.5. The van der Waals surface area contributed by atoms with Gasteiger partial charge in [0.25, 0.3) is 10.1 Å². The van der Waals surface area contributed by atoms with Gasteiger partial charge in [0, 0.05) is 6.42 Å². The van der Waals surface area contributed by atoms with Gasteiger partial charge < -0.3 is 10.4 Å². The standard InChI is InChI=1S/C44H81NO5S/c1-3-5-7-9-11-13-15-17-19-21-22-24-26-28-30-32-34-36-38-40-44(47)45-42(41-51(48,49)50)43(46)39-37-35-33-31-29-27-25-23-20-18-16-14-12-10-8-6-4-2/h11,13,17,19,22,24,37,39,42-43,46H,3-10,12,14-16,18,20-21,23,25-36,38,40-41H2,1-2H3,(H,45,47)(H,48,49,50)/b13-11-,19-17-,24-22-,39-37+. The Labute approximate surface area is 316 Å². The maximum atomic E-state index is 12.5. The number of nitrogens with one attached hydrogen (secondary N) is 1. The van der Waals surface area contributed by atoms with E-state index in [2.05, 4.69) is 55.6 Å². The molecule has 0 fully saturated rings. The van der Waals surface area contributed by atoms with Gasteiger partial charge >= 0.3 is 0 Å². The zero-order chi connectivity index (χ0) is 37.5. The van der Waals surface area contributed by atoms with Crippen molar-refractivity contribution in [1.82, 2.24) is 5.32 Å². The van der Waals surface area contributed by atoms with Crippen LogP contribution in [0.15, 0.2) is 48.6 Å². The lowest BCUT2D eigenvalue weighted by Crippen LogP contribution is -2.46. The number of unbranched alkanes of at least 4 members (excludes halogenated alkanes) is 24. The van der Waals surface area contributed by atoms with Crippen LogP contribution < -0.4 is 5.32 Å². The molecule has 2 unspecified atom stereocenters. The number of hydrogen-bond donors (Lipinski definition) is 3. The van der Waals surface area contributed by atoms with Gasteiger partial charge in [0.05, 0.1) is 17.9 Å². The normalized spacial score (nSPS) is 13.7. The summed E-state index contributed by atoms with van der Waals surface area (Å²) in [6, 6.07) is -1.06. The SMILES string of the molecule is CCCCC/C=C\C/C=C\C/C=C\CCCCCCCCC(=O)NC(CS(=O)(=O)O)C(O)/C=C/CCCCCCCCCCCCCCCCC. The van der Waals surface area contributed by atoms with Crippen LogP contribution in [-0.2, 0) is 14.9 Å². The first kappa shape index (κ1) is 49.3. The molecular weight excluding hydrogens is 655 g/mol. The van der Waals surface area contributed by atoms with Gasteiger partial charge in [0.2, 0.25) is 5.91 Å². The monoisotopic (exact) mass is 736 g/mol. The fourth-order valence-corrected chi connectivity index (χ4v) is 7.01. The summed E-state index contributed by atoms with van der Waals surface area (Å²) in [5, 5.41) is 13.2. The van der Waals surface area contributed by atoms with E-state index in [1.54, 1.807) is 6.08 Å². The van der Waals surface area contributed by atoms with Crippen molar-refractivity contribution in [3.05, 3.63) is 48.6 Å². The van der Waals surface area contributed by atoms with Crippen LogP contribution in [0.3, 0.4) is 0 Å². The molecule has 0 saturated heterocycles. The van der Waals surface area contributed by atoms with Crippen LogP contribution in [0.1, 0.15) is 206 Å². The predicted octanol–water partition coefficient (Wildman–Crippen LogP) is 12.7. The van der Waals surface area contributed by atoms with E-state index in [4.69, 9.17) is 0 Å². The molecule has 6 nitrogen and oxygen atoms in total. The number of carbonyl (C=O) groups is 1. The van der Waals surface area contributed by atoms with Gasteiger partial charge in [-0.25, -0.2) is 0 Å². The first-order valence-corrected chi connectivity index (χ1v) is 22.9. The molecule has 0 saturated carbocycles. The van der Waals surface area contributed by atoms with Crippen LogP contribution in [0.5, 0.6) is 0 Å². The van der Waals surface area contributed by atoms with Crippen LogP contribution in [0, 0.1) is 0 Å². The van der Waals surface area contributed by atoms with E-state index in [9.17, 15) is 22.9 Å². The molecular formula is C44H81NO5S. The second kappa shape index (κ2) is 38.0. The smallest absolute Gasteiger partial charge is 0.267 e. The molecule has 298 valence electrons. The summed E-state index contributed by atoms with van der Waals surface area (Å²) in [5.41, 5.74) is 0. The minimum Gasteiger partial charge on any atom is -0.387 e. The lowest BCUT2D eigenvalue weighted by Gasteiger charge is -2.21. The molecule has 0 spiro atoms. The Bertz CT molecular complexity index is 987. The summed E-state index contributed by atoms with van der Waals surface area (Å²) >= 11 is 0. The number of aliphatic hydroxyl groups is 1. The number of aliphatic hydroxyl groups excluding tert-OH is 1. The first-order valence-electron chi connectivity index (χ1n) is 21.3. The molecule has 0 rings (SSSR count). The molecule has 0 aliphatic heterocycles. The number of hydrogen-bond acceptors (Lipinski definition) is 4. The summed E-state index contributed by atoms with van der Waals surface area (Å²) in [6.45, 7) is 4.50. The van der Waals surface area contributed by atoms with Crippen molar-refractivity contribution >= 4 is 16.0 Å².